The van der Waals surface area contributed by atoms with Crippen LogP contribution in [-0.4, -0.2) is 11.4 Å². The molecule has 4 heterocycles. The highest BCUT2D eigenvalue weighted by Gasteiger charge is 2.48. The predicted molar refractivity (Wildman–Crippen MR) is 219 cm³/mol. The van der Waals surface area contributed by atoms with Crippen LogP contribution in [0.15, 0.2) is 182 Å². The molecule has 1 aromatic heterocycles. The molecule has 0 fully saturated rings. The molecule has 52 heavy (non-hydrogen) atoms. The lowest BCUT2D eigenvalue weighted by atomic mass is 9.41. The van der Waals surface area contributed by atoms with E-state index >= 15 is 0 Å². The van der Waals surface area contributed by atoms with Gasteiger partial charge in [-0.05, 0) is 99.9 Å². The summed E-state index contributed by atoms with van der Waals surface area (Å²) in [4.78, 5) is 5.14. The van der Waals surface area contributed by atoms with Gasteiger partial charge < -0.3 is 14.3 Å². The Bertz CT molecular complexity index is 2930. The highest BCUT2D eigenvalue weighted by Crippen LogP contribution is 2.52. The van der Waals surface area contributed by atoms with Gasteiger partial charge in [0.15, 0.2) is 0 Å². The van der Waals surface area contributed by atoms with Gasteiger partial charge in [0.1, 0.15) is 0 Å². The molecule has 0 atom stereocenters. The molecular formula is C48H30BN3. The number of anilines is 5. The van der Waals surface area contributed by atoms with Crippen LogP contribution in [0.25, 0.3) is 60.9 Å². The number of fused-ring (bicyclic) bond motifs is 9. The van der Waals surface area contributed by atoms with E-state index in [9.17, 15) is 0 Å². The molecule has 3 nitrogen and oxygen atoms in total. The number of benzene rings is 8. The molecule has 12 rings (SSSR count). The number of aromatic nitrogens is 1. The van der Waals surface area contributed by atoms with Gasteiger partial charge in [-0.15, -0.1) is 0 Å². The molecule has 0 radical (unpaired) electrons. The first kappa shape index (κ1) is 28.0. The van der Waals surface area contributed by atoms with Crippen molar-refractivity contribution in [1.82, 2.24) is 4.57 Å². The zero-order valence-electron chi connectivity index (χ0n) is 28.2. The van der Waals surface area contributed by atoms with Crippen molar-refractivity contribution in [3.63, 3.8) is 0 Å². The van der Waals surface area contributed by atoms with E-state index in [-0.39, 0.29) is 6.85 Å². The lowest BCUT2D eigenvalue weighted by Gasteiger charge is -2.49. The summed E-state index contributed by atoms with van der Waals surface area (Å²) in [7, 11) is 0. The SMILES string of the molecule is c1ccc(-c2ccc3c(c2)-c2cccc4c2B2c5c(cccc5N4c4ccc5c(c4)c4ccccc4n5-c4ccccc4)-c4ccccc4N23)cc1. The van der Waals surface area contributed by atoms with Crippen LogP contribution in [0.3, 0.4) is 0 Å². The van der Waals surface area contributed by atoms with E-state index in [2.05, 4.69) is 196 Å². The van der Waals surface area contributed by atoms with E-state index in [1.165, 1.54) is 94.5 Å². The van der Waals surface area contributed by atoms with Gasteiger partial charge in [-0.2, -0.15) is 0 Å². The van der Waals surface area contributed by atoms with E-state index in [4.69, 9.17) is 0 Å². The lowest BCUT2D eigenvalue weighted by molar-refractivity contribution is 1.18. The Morgan fingerprint density at radius 3 is 1.77 bits per heavy atom. The normalized spacial score (nSPS) is 13.3. The standard InChI is InChI=1S/C48H30BN3/c1-3-13-31(14-4-1)32-25-27-44-39(29-32)38-20-12-24-46-48(38)49-47-37(35-17-8-10-22-43(35)52(44)49)19-11-23-45(47)51(46)34-26-28-42-40(30-34)36-18-7-9-21-41(36)50(42)33-15-5-2-6-16-33/h1-30H. The fraction of sp³-hybridized carbons (Fsp3) is 0. The molecule has 0 spiro atoms. The molecule has 0 aliphatic carbocycles. The number of para-hydroxylation sites is 3. The van der Waals surface area contributed by atoms with Crippen LogP contribution in [0.5, 0.6) is 0 Å². The Morgan fingerprint density at radius 1 is 0.346 bits per heavy atom. The van der Waals surface area contributed by atoms with Crippen LogP contribution in [0.1, 0.15) is 0 Å². The largest absolute Gasteiger partial charge is 0.376 e. The summed E-state index contributed by atoms with van der Waals surface area (Å²) in [5, 5.41) is 2.50. The Balaban J connectivity index is 1.15. The summed E-state index contributed by atoms with van der Waals surface area (Å²) >= 11 is 0. The summed E-state index contributed by atoms with van der Waals surface area (Å²) in [6, 6.07) is 67.1. The van der Waals surface area contributed by atoms with Gasteiger partial charge in [-0.25, -0.2) is 0 Å². The van der Waals surface area contributed by atoms with E-state index in [0.29, 0.717) is 0 Å². The number of nitrogens with zero attached hydrogens (tertiary/aromatic N) is 3. The second-order valence-corrected chi connectivity index (χ2v) is 14.1. The van der Waals surface area contributed by atoms with E-state index in [0.717, 1.165) is 5.69 Å². The van der Waals surface area contributed by atoms with Gasteiger partial charge in [0.25, 0.3) is 0 Å². The maximum Gasteiger partial charge on any atom is 0.333 e. The second kappa shape index (κ2) is 10.4. The minimum Gasteiger partial charge on any atom is -0.376 e. The molecule has 8 aromatic carbocycles. The van der Waals surface area contributed by atoms with Crippen molar-refractivity contribution in [2.24, 2.45) is 0 Å². The van der Waals surface area contributed by atoms with Crippen LogP contribution < -0.4 is 20.6 Å². The zero-order valence-corrected chi connectivity index (χ0v) is 28.2. The van der Waals surface area contributed by atoms with Crippen molar-refractivity contribution in [3.8, 4) is 39.1 Å². The molecule has 240 valence electrons. The summed E-state index contributed by atoms with van der Waals surface area (Å²) in [6.45, 7) is 0.0577. The summed E-state index contributed by atoms with van der Waals surface area (Å²) in [5.41, 5.74) is 20.1. The second-order valence-electron chi connectivity index (χ2n) is 14.1. The van der Waals surface area contributed by atoms with Gasteiger partial charge in [0.2, 0.25) is 0 Å². The average molecular weight is 660 g/mol. The maximum atomic E-state index is 2.62. The molecule has 0 amide bonds. The minimum atomic E-state index is 0.0577. The van der Waals surface area contributed by atoms with E-state index in [1.54, 1.807) is 0 Å². The maximum absolute atomic E-state index is 2.62. The molecular weight excluding hydrogens is 629 g/mol. The lowest BCUT2D eigenvalue weighted by Crippen LogP contribution is -2.63. The Hall–Kier alpha value is -6.78. The highest BCUT2D eigenvalue weighted by molar-refractivity contribution is 6.95. The molecule has 3 aliphatic heterocycles. The molecule has 0 N–H and O–H groups in total. The van der Waals surface area contributed by atoms with Crippen molar-refractivity contribution < 1.29 is 0 Å². The first-order valence-electron chi connectivity index (χ1n) is 18.1. The molecule has 0 bridgehead atoms. The van der Waals surface area contributed by atoms with Gasteiger partial charge in [0, 0.05) is 56.0 Å². The van der Waals surface area contributed by atoms with Gasteiger partial charge in [-0.1, -0.05) is 115 Å². The first-order valence-corrected chi connectivity index (χ1v) is 18.1. The van der Waals surface area contributed by atoms with Gasteiger partial charge >= 0.3 is 6.85 Å². The smallest absolute Gasteiger partial charge is 0.333 e. The molecule has 4 heteroatoms. The summed E-state index contributed by atoms with van der Waals surface area (Å²) < 4.78 is 2.39. The van der Waals surface area contributed by atoms with Crippen molar-refractivity contribution in [2.45, 2.75) is 0 Å². The molecule has 9 aromatic rings. The van der Waals surface area contributed by atoms with Crippen LogP contribution in [0.4, 0.5) is 28.4 Å². The Kier molecular flexibility index (Phi) is 5.58. The Labute approximate surface area is 302 Å². The van der Waals surface area contributed by atoms with Gasteiger partial charge in [-0.3, -0.25) is 0 Å². The fourth-order valence-corrected chi connectivity index (χ4v) is 9.40. The number of hydrogen-bond donors (Lipinski definition) is 0. The topological polar surface area (TPSA) is 11.4 Å². The monoisotopic (exact) mass is 659 g/mol. The van der Waals surface area contributed by atoms with E-state index < -0.39 is 0 Å². The van der Waals surface area contributed by atoms with Crippen molar-refractivity contribution in [3.05, 3.63) is 182 Å². The fourth-order valence-electron chi connectivity index (χ4n) is 9.40. The quantitative estimate of drug-likeness (QED) is 0.175. The van der Waals surface area contributed by atoms with Crippen LogP contribution in [-0.2, 0) is 0 Å². The van der Waals surface area contributed by atoms with Crippen LogP contribution in [0.2, 0.25) is 0 Å². The minimum absolute atomic E-state index is 0.0577. The molecule has 0 unspecified atom stereocenters. The van der Waals surface area contributed by atoms with Crippen molar-refractivity contribution >= 4 is 68.0 Å². The number of hydrogen-bond acceptors (Lipinski definition) is 2. The Morgan fingerprint density at radius 2 is 0.962 bits per heavy atom. The predicted octanol–water partition coefficient (Wildman–Crippen LogP) is 11.1. The summed E-state index contributed by atoms with van der Waals surface area (Å²) in [5.74, 6) is 0. The zero-order chi connectivity index (χ0) is 33.9. The molecule has 3 aliphatic rings. The molecule has 0 saturated heterocycles. The average Bonchev–Trinajstić information content (AvgIpc) is 3.55. The number of rotatable bonds is 3. The third-order valence-corrected chi connectivity index (χ3v) is 11.5. The third-order valence-electron chi connectivity index (χ3n) is 11.5. The third kappa shape index (κ3) is 3.65. The van der Waals surface area contributed by atoms with Crippen molar-refractivity contribution in [2.75, 3.05) is 9.71 Å². The van der Waals surface area contributed by atoms with Gasteiger partial charge in [0.05, 0.1) is 11.0 Å². The molecule has 0 saturated carbocycles. The van der Waals surface area contributed by atoms with Crippen LogP contribution >= 0.6 is 0 Å². The highest BCUT2D eigenvalue weighted by atomic mass is 15.2. The van der Waals surface area contributed by atoms with Crippen molar-refractivity contribution in [1.29, 1.82) is 0 Å². The van der Waals surface area contributed by atoms with Crippen LogP contribution in [0, 0.1) is 0 Å². The summed E-state index contributed by atoms with van der Waals surface area (Å²) in [6.07, 6.45) is 0. The van der Waals surface area contributed by atoms with E-state index in [1.807, 2.05) is 0 Å². The first-order chi connectivity index (χ1) is 25.8.